The van der Waals surface area contributed by atoms with Gasteiger partial charge in [-0.2, -0.15) is 5.10 Å². The molecule has 0 aliphatic rings. The SMILES string of the molecule is COc1cccc(-n2ccc3c(cnc4c(-c5ccc(F)cc5)c(C)nn43)c2=O)c1. The van der Waals surface area contributed by atoms with E-state index in [1.807, 2.05) is 31.2 Å². The summed E-state index contributed by atoms with van der Waals surface area (Å²) in [4.78, 5) is 17.7. The highest BCUT2D eigenvalue weighted by Crippen LogP contribution is 2.29. The van der Waals surface area contributed by atoms with Crippen molar-refractivity contribution < 1.29 is 9.13 Å². The Bertz CT molecular complexity index is 1470. The van der Waals surface area contributed by atoms with E-state index in [9.17, 15) is 9.18 Å². The number of aromatic nitrogens is 4. The van der Waals surface area contributed by atoms with Crippen molar-refractivity contribution in [2.45, 2.75) is 6.92 Å². The Balaban J connectivity index is 1.74. The summed E-state index contributed by atoms with van der Waals surface area (Å²) in [5.74, 6) is 0.365. The summed E-state index contributed by atoms with van der Waals surface area (Å²) in [6.07, 6.45) is 3.28. The highest BCUT2D eigenvalue weighted by Gasteiger charge is 2.16. The monoisotopic (exact) mass is 400 g/mol. The Labute approximate surface area is 170 Å². The van der Waals surface area contributed by atoms with E-state index in [4.69, 9.17) is 4.74 Å². The molecule has 0 saturated carbocycles. The molecule has 0 atom stereocenters. The fraction of sp³-hybridized carbons (Fsp3) is 0.0870. The molecule has 2 aromatic carbocycles. The summed E-state index contributed by atoms with van der Waals surface area (Å²) in [5, 5.41) is 5.05. The predicted octanol–water partition coefficient (Wildman–Crippen LogP) is 4.16. The van der Waals surface area contributed by atoms with Crippen molar-refractivity contribution in [3.8, 4) is 22.6 Å². The number of nitrogens with zero attached hydrogens (tertiary/aromatic N) is 4. The number of hydrogen-bond donors (Lipinski definition) is 0. The molecule has 0 spiro atoms. The molecular weight excluding hydrogens is 383 g/mol. The smallest absolute Gasteiger partial charge is 0.266 e. The summed E-state index contributed by atoms with van der Waals surface area (Å²) in [7, 11) is 1.59. The fourth-order valence-corrected chi connectivity index (χ4v) is 3.69. The van der Waals surface area contributed by atoms with Crippen LogP contribution in [0.4, 0.5) is 4.39 Å². The fourth-order valence-electron chi connectivity index (χ4n) is 3.69. The molecule has 0 N–H and O–H groups in total. The molecule has 5 rings (SSSR count). The van der Waals surface area contributed by atoms with Crippen LogP contribution in [0.15, 0.2) is 71.8 Å². The van der Waals surface area contributed by atoms with Gasteiger partial charge in [-0.05, 0) is 42.8 Å². The predicted molar refractivity (Wildman–Crippen MR) is 113 cm³/mol. The molecule has 5 aromatic rings. The topological polar surface area (TPSA) is 61.4 Å². The molecule has 30 heavy (non-hydrogen) atoms. The zero-order valence-electron chi connectivity index (χ0n) is 16.3. The van der Waals surface area contributed by atoms with E-state index < -0.39 is 0 Å². The van der Waals surface area contributed by atoms with Crippen molar-refractivity contribution >= 4 is 16.6 Å². The van der Waals surface area contributed by atoms with E-state index in [0.717, 1.165) is 16.8 Å². The lowest BCUT2D eigenvalue weighted by Crippen LogP contribution is -2.18. The van der Waals surface area contributed by atoms with Crippen LogP contribution in [-0.2, 0) is 0 Å². The normalized spacial score (nSPS) is 11.3. The summed E-state index contributed by atoms with van der Waals surface area (Å²) in [5.41, 5.74) is 4.15. The largest absolute Gasteiger partial charge is 0.497 e. The van der Waals surface area contributed by atoms with Gasteiger partial charge in [0.15, 0.2) is 5.65 Å². The molecule has 0 amide bonds. The first-order valence-electron chi connectivity index (χ1n) is 9.37. The third-order valence-corrected chi connectivity index (χ3v) is 5.15. The number of methoxy groups -OCH3 is 1. The van der Waals surface area contributed by atoms with Crippen molar-refractivity contribution in [2.24, 2.45) is 0 Å². The van der Waals surface area contributed by atoms with Crippen LogP contribution in [0.3, 0.4) is 0 Å². The second-order valence-corrected chi connectivity index (χ2v) is 6.95. The summed E-state index contributed by atoms with van der Waals surface area (Å²) < 4.78 is 21.8. The van der Waals surface area contributed by atoms with Crippen LogP contribution in [-0.4, -0.2) is 26.3 Å². The second-order valence-electron chi connectivity index (χ2n) is 6.95. The second kappa shape index (κ2) is 6.81. The first-order valence-corrected chi connectivity index (χ1v) is 9.37. The number of benzene rings is 2. The molecule has 3 aromatic heterocycles. The van der Waals surface area contributed by atoms with Gasteiger partial charge in [0.2, 0.25) is 0 Å². The molecular formula is C23H17FN4O2. The maximum Gasteiger partial charge on any atom is 0.266 e. The molecule has 0 saturated heterocycles. The minimum Gasteiger partial charge on any atom is -0.497 e. The van der Waals surface area contributed by atoms with Gasteiger partial charge in [0.1, 0.15) is 11.6 Å². The minimum atomic E-state index is -0.302. The Hall–Kier alpha value is -4.00. The molecule has 0 bridgehead atoms. The van der Waals surface area contributed by atoms with Gasteiger partial charge in [-0.1, -0.05) is 18.2 Å². The van der Waals surface area contributed by atoms with Crippen LogP contribution in [0, 0.1) is 12.7 Å². The lowest BCUT2D eigenvalue weighted by Gasteiger charge is -2.09. The Morgan fingerprint density at radius 1 is 1.07 bits per heavy atom. The van der Waals surface area contributed by atoms with Crippen LogP contribution < -0.4 is 10.3 Å². The number of pyridine rings is 1. The van der Waals surface area contributed by atoms with E-state index >= 15 is 0 Å². The van der Waals surface area contributed by atoms with Crippen LogP contribution >= 0.6 is 0 Å². The lowest BCUT2D eigenvalue weighted by molar-refractivity contribution is 0.414. The van der Waals surface area contributed by atoms with Crippen LogP contribution in [0.25, 0.3) is 33.4 Å². The zero-order chi connectivity index (χ0) is 20.8. The van der Waals surface area contributed by atoms with E-state index in [2.05, 4.69) is 10.1 Å². The number of halogens is 1. The van der Waals surface area contributed by atoms with E-state index in [0.29, 0.717) is 28.0 Å². The van der Waals surface area contributed by atoms with Crippen molar-refractivity contribution in [1.29, 1.82) is 0 Å². The molecule has 0 radical (unpaired) electrons. The maximum atomic E-state index is 13.3. The quantitative estimate of drug-likeness (QED) is 0.456. The average molecular weight is 400 g/mol. The van der Waals surface area contributed by atoms with Crippen LogP contribution in [0.1, 0.15) is 5.69 Å². The molecule has 0 aliphatic heterocycles. The number of aryl methyl sites for hydroxylation is 1. The number of hydrogen-bond acceptors (Lipinski definition) is 4. The number of fused-ring (bicyclic) bond motifs is 3. The summed E-state index contributed by atoms with van der Waals surface area (Å²) >= 11 is 0. The molecule has 6 nitrogen and oxygen atoms in total. The third-order valence-electron chi connectivity index (χ3n) is 5.15. The van der Waals surface area contributed by atoms with Crippen LogP contribution in [0.2, 0.25) is 0 Å². The van der Waals surface area contributed by atoms with E-state index in [1.54, 1.807) is 46.8 Å². The van der Waals surface area contributed by atoms with Gasteiger partial charge in [-0.15, -0.1) is 0 Å². The van der Waals surface area contributed by atoms with E-state index in [-0.39, 0.29) is 11.4 Å². The van der Waals surface area contributed by atoms with Crippen LogP contribution in [0.5, 0.6) is 5.75 Å². The molecule has 0 aliphatic carbocycles. The summed E-state index contributed by atoms with van der Waals surface area (Å²) in [6, 6.07) is 15.3. The number of rotatable bonds is 3. The molecule has 0 unspecified atom stereocenters. The minimum absolute atomic E-state index is 0.202. The van der Waals surface area contributed by atoms with Gasteiger partial charge in [0.25, 0.3) is 5.56 Å². The first kappa shape index (κ1) is 18.1. The summed E-state index contributed by atoms with van der Waals surface area (Å²) in [6.45, 7) is 1.87. The highest BCUT2D eigenvalue weighted by atomic mass is 19.1. The lowest BCUT2D eigenvalue weighted by atomic mass is 10.1. The van der Waals surface area contributed by atoms with Gasteiger partial charge in [0, 0.05) is 24.0 Å². The number of ether oxygens (including phenoxy) is 1. The first-order chi connectivity index (χ1) is 14.6. The van der Waals surface area contributed by atoms with Crippen molar-refractivity contribution in [1.82, 2.24) is 19.2 Å². The maximum absolute atomic E-state index is 13.3. The standard InChI is InChI=1S/C23H17FN4O2/c1-14-21(15-6-8-16(24)9-7-15)22-25-13-19-20(28(22)26-14)10-11-27(23(19)29)17-4-3-5-18(12-17)30-2/h3-13H,1-2H3. The molecule has 0 fully saturated rings. The Morgan fingerprint density at radius 3 is 2.63 bits per heavy atom. The molecule has 7 heteroatoms. The van der Waals surface area contributed by atoms with Crippen molar-refractivity contribution in [3.63, 3.8) is 0 Å². The average Bonchev–Trinajstić information content (AvgIpc) is 3.11. The Morgan fingerprint density at radius 2 is 1.87 bits per heavy atom. The van der Waals surface area contributed by atoms with E-state index in [1.165, 1.54) is 12.1 Å². The van der Waals surface area contributed by atoms with Crippen molar-refractivity contribution in [3.05, 3.63) is 88.9 Å². The molecule has 148 valence electrons. The molecule has 3 heterocycles. The highest BCUT2D eigenvalue weighted by molar-refractivity contribution is 5.86. The van der Waals surface area contributed by atoms with Crippen molar-refractivity contribution in [2.75, 3.05) is 7.11 Å². The van der Waals surface area contributed by atoms with Gasteiger partial charge < -0.3 is 4.74 Å². The third kappa shape index (κ3) is 2.75. The zero-order valence-corrected chi connectivity index (χ0v) is 16.3. The van der Waals surface area contributed by atoms with Gasteiger partial charge >= 0.3 is 0 Å². The Kier molecular flexibility index (Phi) is 4.10. The van der Waals surface area contributed by atoms with Gasteiger partial charge in [0.05, 0.1) is 29.4 Å². The van der Waals surface area contributed by atoms with Gasteiger partial charge in [-0.25, -0.2) is 13.9 Å². The van der Waals surface area contributed by atoms with Gasteiger partial charge in [-0.3, -0.25) is 9.36 Å².